The number of benzene rings is 2. The zero-order valence-corrected chi connectivity index (χ0v) is 11.2. The molecule has 0 spiro atoms. The van der Waals surface area contributed by atoms with Crippen molar-refractivity contribution < 1.29 is 19.7 Å². The van der Waals surface area contributed by atoms with Crippen molar-refractivity contribution in [3.8, 4) is 23.0 Å². The Morgan fingerprint density at radius 1 is 1.15 bits per heavy atom. The Balaban J connectivity index is 1.87. The van der Waals surface area contributed by atoms with E-state index in [1.54, 1.807) is 13.2 Å². The third kappa shape index (κ3) is 2.25. The Morgan fingerprint density at radius 3 is 2.60 bits per heavy atom. The molecule has 1 aliphatic rings. The van der Waals surface area contributed by atoms with Crippen LogP contribution in [0.5, 0.6) is 23.0 Å². The first-order chi connectivity index (χ1) is 9.67. The number of phenolic OH excluding ortho intramolecular Hbond substituents is 2. The lowest BCUT2D eigenvalue weighted by Gasteiger charge is -2.26. The topological polar surface area (TPSA) is 58.9 Å². The van der Waals surface area contributed by atoms with Crippen LogP contribution in [0.25, 0.3) is 0 Å². The molecular weight excluding hydrogens is 256 g/mol. The van der Waals surface area contributed by atoms with Crippen LogP contribution in [-0.4, -0.2) is 23.9 Å². The molecule has 20 heavy (non-hydrogen) atoms. The van der Waals surface area contributed by atoms with Crippen LogP contribution in [0.15, 0.2) is 36.4 Å². The van der Waals surface area contributed by atoms with Gasteiger partial charge in [0.25, 0.3) is 0 Å². The number of phenols is 2. The van der Waals surface area contributed by atoms with Gasteiger partial charge in [-0.2, -0.15) is 0 Å². The van der Waals surface area contributed by atoms with Gasteiger partial charge in [-0.05, 0) is 24.1 Å². The summed E-state index contributed by atoms with van der Waals surface area (Å²) in [5.74, 6) is 1.66. The minimum absolute atomic E-state index is 0.0177. The van der Waals surface area contributed by atoms with Crippen LogP contribution in [0.3, 0.4) is 0 Å². The van der Waals surface area contributed by atoms with Crippen LogP contribution < -0.4 is 9.47 Å². The average Bonchev–Trinajstić information content (AvgIpc) is 2.47. The molecule has 1 heterocycles. The molecule has 0 radical (unpaired) electrons. The molecule has 0 saturated carbocycles. The van der Waals surface area contributed by atoms with E-state index in [9.17, 15) is 10.2 Å². The summed E-state index contributed by atoms with van der Waals surface area (Å²) in [5, 5.41) is 19.4. The average molecular weight is 272 g/mol. The Kier molecular flexibility index (Phi) is 3.14. The van der Waals surface area contributed by atoms with Gasteiger partial charge in [0.05, 0.1) is 13.7 Å². The molecule has 1 unspecified atom stereocenters. The zero-order valence-electron chi connectivity index (χ0n) is 11.2. The lowest BCUT2D eigenvalue weighted by Crippen LogP contribution is -2.19. The van der Waals surface area contributed by atoms with Gasteiger partial charge in [0.15, 0.2) is 0 Å². The normalized spacial score (nSPS) is 17.1. The predicted octanol–water partition coefficient (Wildman–Crippen LogP) is 2.83. The number of hydrogen-bond acceptors (Lipinski definition) is 4. The van der Waals surface area contributed by atoms with E-state index in [0.29, 0.717) is 18.8 Å². The van der Waals surface area contributed by atoms with Crippen LogP contribution in [0.1, 0.15) is 17.0 Å². The Hall–Kier alpha value is -2.36. The summed E-state index contributed by atoms with van der Waals surface area (Å²) in [6.45, 7) is 0.530. The smallest absolute Gasteiger partial charge is 0.129 e. The summed E-state index contributed by atoms with van der Waals surface area (Å²) >= 11 is 0. The van der Waals surface area contributed by atoms with Gasteiger partial charge in [-0.25, -0.2) is 0 Å². The molecule has 0 amide bonds. The first-order valence-corrected chi connectivity index (χ1v) is 6.49. The first-order valence-electron chi connectivity index (χ1n) is 6.49. The zero-order chi connectivity index (χ0) is 14.1. The molecule has 4 heteroatoms. The van der Waals surface area contributed by atoms with Gasteiger partial charge in [-0.3, -0.25) is 0 Å². The molecule has 1 aliphatic heterocycles. The number of fused-ring (bicyclic) bond motifs is 1. The number of aromatic hydroxyl groups is 2. The van der Waals surface area contributed by atoms with Gasteiger partial charge in [-0.15, -0.1) is 0 Å². The summed E-state index contributed by atoms with van der Waals surface area (Å²) in [6.07, 6.45) is 0.688. The predicted molar refractivity (Wildman–Crippen MR) is 74.7 cm³/mol. The molecule has 0 aliphatic carbocycles. The highest BCUT2D eigenvalue weighted by atomic mass is 16.5. The summed E-state index contributed by atoms with van der Waals surface area (Å²) in [4.78, 5) is 0. The maximum Gasteiger partial charge on any atom is 0.129 e. The van der Waals surface area contributed by atoms with Crippen molar-refractivity contribution in [1.29, 1.82) is 0 Å². The summed E-state index contributed by atoms with van der Waals surface area (Å²) < 4.78 is 10.8. The SMILES string of the molecule is COc1ccc(C2COc3cc(O)cc(O)c3C2)cc1. The minimum atomic E-state index is 0.0177. The lowest BCUT2D eigenvalue weighted by molar-refractivity contribution is 0.257. The van der Waals surface area contributed by atoms with E-state index in [1.165, 1.54) is 6.07 Å². The van der Waals surface area contributed by atoms with Gasteiger partial charge in [0.2, 0.25) is 0 Å². The molecule has 1 atom stereocenters. The quantitative estimate of drug-likeness (QED) is 0.882. The largest absolute Gasteiger partial charge is 0.508 e. The standard InChI is InChI=1S/C16H16O4/c1-19-13-4-2-10(3-5-13)11-6-14-15(18)7-12(17)8-16(14)20-9-11/h2-5,7-8,11,17-18H,6,9H2,1H3. The molecule has 2 aromatic carbocycles. The van der Waals surface area contributed by atoms with Crippen LogP contribution in [0, 0.1) is 0 Å². The van der Waals surface area contributed by atoms with Gasteiger partial charge < -0.3 is 19.7 Å². The number of ether oxygens (including phenoxy) is 2. The first kappa shape index (κ1) is 12.7. The van der Waals surface area contributed by atoms with Crippen molar-refractivity contribution in [3.05, 3.63) is 47.5 Å². The van der Waals surface area contributed by atoms with Crippen molar-refractivity contribution in [3.63, 3.8) is 0 Å². The third-order valence-electron chi connectivity index (χ3n) is 3.65. The lowest BCUT2D eigenvalue weighted by atomic mass is 9.90. The molecular formula is C16H16O4. The summed E-state index contributed by atoms with van der Waals surface area (Å²) in [6, 6.07) is 10.7. The van der Waals surface area contributed by atoms with Gasteiger partial charge in [0.1, 0.15) is 23.0 Å². The maximum atomic E-state index is 9.92. The van der Waals surface area contributed by atoms with E-state index in [1.807, 2.05) is 24.3 Å². The van der Waals surface area contributed by atoms with E-state index in [4.69, 9.17) is 9.47 Å². The van der Waals surface area contributed by atoms with E-state index in [2.05, 4.69) is 0 Å². The Bertz CT molecular complexity index is 619. The van der Waals surface area contributed by atoms with E-state index in [-0.39, 0.29) is 17.4 Å². The third-order valence-corrected chi connectivity index (χ3v) is 3.65. The second-order valence-electron chi connectivity index (χ2n) is 4.93. The van der Waals surface area contributed by atoms with Crippen molar-refractivity contribution >= 4 is 0 Å². The molecule has 2 aromatic rings. The summed E-state index contributed by atoms with van der Waals surface area (Å²) in [7, 11) is 1.64. The molecule has 0 fully saturated rings. The van der Waals surface area contributed by atoms with E-state index >= 15 is 0 Å². The monoisotopic (exact) mass is 272 g/mol. The van der Waals surface area contributed by atoms with E-state index in [0.717, 1.165) is 16.9 Å². The van der Waals surface area contributed by atoms with Crippen LogP contribution >= 0.6 is 0 Å². The fourth-order valence-corrected chi connectivity index (χ4v) is 2.54. The Labute approximate surface area is 117 Å². The summed E-state index contributed by atoms with van der Waals surface area (Å²) in [5.41, 5.74) is 1.89. The number of methoxy groups -OCH3 is 1. The molecule has 0 saturated heterocycles. The molecule has 3 rings (SSSR count). The van der Waals surface area contributed by atoms with Crippen molar-refractivity contribution in [2.75, 3.05) is 13.7 Å². The number of hydrogen-bond donors (Lipinski definition) is 2. The molecule has 4 nitrogen and oxygen atoms in total. The molecule has 2 N–H and O–H groups in total. The second kappa shape index (κ2) is 4.96. The van der Waals surface area contributed by atoms with Gasteiger partial charge in [0, 0.05) is 23.6 Å². The highest BCUT2D eigenvalue weighted by Gasteiger charge is 2.24. The fourth-order valence-electron chi connectivity index (χ4n) is 2.54. The van der Waals surface area contributed by atoms with Gasteiger partial charge >= 0.3 is 0 Å². The minimum Gasteiger partial charge on any atom is -0.508 e. The molecule has 0 aromatic heterocycles. The van der Waals surface area contributed by atoms with Crippen molar-refractivity contribution in [2.45, 2.75) is 12.3 Å². The van der Waals surface area contributed by atoms with Crippen LogP contribution in [0.4, 0.5) is 0 Å². The molecule has 104 valence electrons. The van der Waals surface area contributed by atoms with Crippen LogP contribution in [-0.2, 0) is 6.42 Å². The maximum absolute atomic E-state index is 9.92. The van der Waals surface area contributed by atoms with Crippen molar-refractivity contribution in [2.24, 2.45) is 0 Å². The number of rotatable bonds is 2. The fraction of sp³-hybridized carbons (Fsp3) is 0.250. The highest BCUT2D eigenvalue weighted by molar-refractivity contribution is 5.51. The second-order valence-corrected chi connectivity index (χ2v) is 4.93. The van der Waals surface area contributed by atoms with Crippen LogP contribution in [0.2, 0.25) is 0 Å². The van der Waals surface area contributed by atoms with E-state index < -0.39 is 0 Å². The molecule has 0 bridgehead atoms. The Morgan fingerprint density at radius 2 is 1.90 bits per heavy atom. The highest BCUT2D eigenvalue weighted by Crippen LogP contribution is 2.40. The van der Waals surface area contributed by atoms with Crippen molar-refractivity contribution in [1.82, 2.24) is 0 Å². The van der Waals surface area contributed by atoms with Gasteiger partial charge in [-0.1, -0.05) is 12.1 Å².